The molecule has 1 aliphatic heterocycles. The van der Waals surface area contributed by atoms with Crippen LogP contribution in [0.4, 0.5) is 11.4 Å². The summed E-state index contributed by atoms with van der Waals surface area (Å²) in [6.07, 6.45) is 1.59. The van der Waals surface area contributed by atoms with Crippen LogP contribution in [0.15, 0.2) is 82.1 Å². The van der Waals surface area contributed by atoms with Crippen LogP contribution in [0.5, 0.6) is 0 Å². The maximum atomic E-state index is 13.4. The van der Waals surface area contributed by atoms with Gasteiger partial charge in [-0.2, -0.15) is 0 Å². The van der Waals surface area contributed by atoms with Crippen molar-refractivity contribution in [2.75, 3.05) is 23.3 Å². The molecule has 1 amide bonds. The van der Waals surface area contributed by atoms with Crippen molar-refractivity contribution in [3.63, 3.8) is 0 Å². The highest BCUT2D eigenvalue weighted by Gasteiger charge is 2.29. The fraction of sp³-hybridized carbons (Fsp3) is 0.185. The fourth-order valence-electron chi connectivity index (χ4n) is 4.63. The van der Waals surface area contributed by atoms with Crippen molar-refractivity contribution in [2.45, 2.75) is 12.8 Å². The van der Waals surface area contributed by atoms with Crippen molar-refractivity contribution in [1.82, 2.24) is 4.98 Å². The first-order chi connectivity index (χ1) is 16.5. The maximum absolute atomic E-state index is 13.4. The maximum Gasteiger partial charge on any atom is 0.272 e. The second kappa shape index (κ2) is 9.65. The first-order valence-corrected chi connectivity index (χ1v) is 12.4. The topological polar surface area (TPSA) is 65.2 Å². The Hall–Kier alpha value is -3.09. The van der Waals surface area contributed by atoms with Gasteiger partial charge in [0, 0.05) is 44.7 Å². The molecule has 5 nitrogen and oxygen atoms in total. The minimum Gasteiger partial charge on any atom is -0.366 e. The van der Waals surface area contributed by atoms with E-state index in [-0.39, 0.29) is 17.4 Å². The van der Waals surface area contributed by atoms with Gasteiger partial charge in [-0.05, 0) is 60.9 Å². The number of benzene rings is 3. The van der Waals surface area contributed by atoms with Gasteiger partial charge in [-0.3, -0.25) is 9.59 Å². The summed E-state index contributed by atoms with van der Waals surface area (Å²) in [4.78, 5) is 31.5. The number of nitrogens with one attached hydrogen (secondary N) is 2. The van der Waals surface area contributed by atoms with E-state index >= 15 is 0 Å². The lowest BCUT2D eigenvalue weighted by Crippen LogP contribution is -2.43. The zero-order valence-corrected chi connectivity index (χ0v) is 20.7. The molecule has 1 aromatic heterocycles. The number of amides is 1. The number of anilines is 2. The van der Waals surface area contributed by atoms with Gasteiger partial charge in [0.15, 0.2) is 0 Å². The van der Waals surface area contributed by atoms with Crippen LogP contribution in [-0.4, -0.2) is 24.0 Å². The van der Waals surface area contributed by atoms with Crippen LogP contribution in [0, 0.1) is 5.92 Å². The number of nitrogens with zero attached hydrogens (tertiary/aromatic N) is 1. The third-order valence-corrected chi connectivity index (χ3v) is 7.00. The van der Waals surface area contributed by atoms with Crippen molar-refractivity contribution in [3.8, 4) is 11.1 Å². The molecule has 7 heteroatoms. The summed E-state index contributed by atoms with van der Waals surface area (Å²) in [5, 5.41) is 4.51. The molecule has 0 spiro atoms. The Morgan fingerprint density at radius 1 is 1.06 bits per heavy atom. The molecule has 34 heavy (non-hydrogen) atoms. The molecule has 0 radical (unpaired) electrons. The number of hydrogen-bond acceptors (Lipinski definition) is 3. The van der Waals surface area contributed by atoms with Crippen LogP contribution < -0.4 is 15.8 Å². The molecule has 2 heterocycles. The van der Waals surface area contributed by atoms with E-state index in [1.54, 1.807) is 6.07 Å². The van der Waals surface area contributed by atoms with E-state index in [2.05, 4.69) is 31.1 Å². The van der Waals surface area contributed by atoms with Crippen molar-refractivity contribution in [2.24, 2.45) is 5.92 Å². The van der Waals surface area contributed by atoms with Gasteiger partial charge in [0.2, 0.25) is 5.91 Å². The van der Waals surface area contributed by atoms with Crippen LogP contribution in [0.1, 0.15) is 12.8 Å². The van der Waals surface area contributed by atoms with Crippen LogP contribution in [0.3, 0.4) is 0 Å². The predicted octanol–water partition coefficient (Wildman–Crippen LogP) is 6.47. The number of aromatic amines is 1. The Labute approximate surface area is 210 Å². The highest BCUT2D eigenvalue weighted by Crippen LogP contribution is 2.37. The van der Waals surface area contributed by atoms with Crippen LogP contribution in [0.2, 0.25) is 5.02 Å². The van der Waals surface area contributed by atoms with Gasteiger partial charge < -0.3 is 15.2 Å². The average molecular weight is 537 g/mol. The van der Waals surface area contributed by atoms with E-state index in [1.165, 1.54) is 0 Å². The van der Waals surface area contributed by atoms with Gasteiger partial charge in [0.25, 0.3) is 5.56 Å². The Morgan fingerprint density at radius 3 is 2.59 bits per heavy atom. The summed E-state index contributed by atoms with van der Waals surface area (Å²) in [5.41, 5.74) is 3.70. The average Bonchev–Trinajstić information content (AvgIpc) is 2.85. The van der Waals surface area contributed by atoms with E-state index < -0.39 is 0 Å². The zero-order valence-electron chi connectivity index (χ0n) is 18.4. The minimum atomic E-state index is -0.226. The molecule has 4 aromatic rings. The minimum absolute atomic E-state index is 0.0338. The van der Waals surface area contributed by atoms with Gasteiger partial charge in [0.05, 0.1) is 5.92 Å². The molecule has 1 atom stereocenters. The molecule has 3 aromatic carbocycles. The largest absolute Gasteiger partial charge is 0.366 e. The predicted molar refractivity (Wildman–Crippen MR) is 143 cm³/mol. The summed E-state index contributed by atoms with van der Waals surface area (Å²) in [6, 6.07) is 22.9. The third-order valence-electron chi connectivity index (χ3n) is 6.23. The number of piperidine rings is 1. The third kappa shape index (κ3) is 4.61. The lowest BCUT2D eigenvalue weighted by molar-refractivity contribution is -0.120. The molecule has 172 valence electrons. The van der Waals surface area contributed by atoms with Crippen molar-refractivity contribution in [3.05, 3.63) is 92.6 Å². The van der Waals surface area contributed by atoms with E-state index in [0.29, 0.717) is 23.8 Å². The first kappa shape index (κ1) is 22.7. The highest BCUT2D eigenvalue weighted by atomic mass is 79.9. The normalized spacial score (nSPS) is 15.9. The number of pyridine rings is 1. The Balaban J connectivity index is 1.53. The van der Waals surface area contributed by atoms with Gasteiger partial charge in [0.1, 0.15) is 5.69 Å². The SMILES string of the molecule is O=C(Nc1ccc(Br)cc1)[C@@H]1CCCN(c2c(-c3ccccc3)c3cc(Cl)ccc3[nH]c2=O)C1. The van der Waals surface area contributed by atoms with Gasteiger partial charge in [-0.1, -0.05) is 57.9 Å². The van der Waals surface area contributed by atoms with E-state index in [9.17, 15) is 9.59 Å². The number of rotatable bonds is 4. The van der Waals surface area contributed by atoms with E-state index in [0.717, 1.165) is 45.0 Å². The number of hydrogen-bond donors (Lipinski definition) is 2. The molecule has 0 unspecified atom stereocenters. The van der Waals surface area contributed by atoms with Crippen LogP contribution in [-0.2, 0) is 4.79 Å². The van der Waals surface area contributed by atoms with Gasteiger partial charge in [-0.25, -0.2) is 0 Å². The van der Waals surface area contributed by atoms with Crippen LogP contribution in [0.25, 0.3) is 22.0 Å². The fourth-order valence-corrected chi connectivity index (χ4v) is 5.06. The number of halogens is 2. The number of H-pyrrole nitrogens is 1. The molecule has 1 saturated heterocycles. The molecule has 0 saturated carbocycles. The monoisotopic (exact) mass is 535 g/mol. The summed E-state index contributed by atoms with van der Waals surface area (Å²) < 4.78 is 0.957. The summed E-state index contributed by atoms with van der Waals surface area (Å²) in [6.45, 7) is 1.17. The number of fused-ring (bicyclic) bond motifs is 1. The second-order valence-electron chi connectivity index (χ2n) is 8.51. The number of carbonyl (C=O) groups is 1. The van der Waals surface area contributed by atoms with E-state index in [1.807, 2.05) is 66.7 Å². The lowest BCUT2D eigenvalue weighted by atomic mass is 9.93. The Bertz CT molecular complexity index is 1400. The highest BCUT2D eigenvalue weighted by molar-refractivity contribution is 9.10. The summed E-state index contributed by atoms with van der Waals surface area (Å²) in [5.74, 6) is -0.260. The summed E-state index contributed by atoms with van der Waals surface area (Å²) >= 11 is 9.76. The second-order valence-corrected chi connectivity index (χ2v) is 9.87. The zero-order chi connectivity index (χ0) is 23.7. The number of carbonyl (C=O) groups excluding carboxylic acids is 1. The van der Waals surface area contributed by atoms with E-state index in [4.69, 9.17) is 11.6 Å². The molecule has 2 N–H and O–H groups in total. The Morgan fingerprint density at radius 2 is 1.82 bits per heavy atom. The standard InChI is InChI=1S/C27H23BrClN3O2/c28-19-8-11-21(12-9-19)30-26(33)18-7-4-14-32(16-18)25-24(17-5-2-1-3-6-17)22-15-20(29)10-13-23(22)31-27(25)34/h1-3,5-6,8-13,15,18H,4,7,14,16H2,(H,30,33)(H,31,34)/t18-/m1/s1. The van der Waals surface area contributed by atoms with Crippen molar-refractivity contribution in [1.29, 1.82) is 0 Å². The molecule has 1 aliphatic rings. The molecule has 1 fully saturated rings. The summed E-state index contributed by atoms with van der Waals surface area (Å²) in [7, 11) is 0. The molecule has 5 rings (SSSR count). The smallest absolute Gasteiger partial charge is 0.272 e. The molecule has 0 aliphatic carbocycles. The molecular formula is C27H23BrClN3O2. The van der Waals surface area contributed by atoms with Crippen molar-refractivity contribution < 1.29 is 4.79 Å². The Kier molecular flexibility index (Phi) is 6.44. The first-order valence-electron chi connectivity index (χ1n) is 11.2. The molecule has 0 bridgehead atoms. The van der Waals surface area contributed by atoms with Crippen LogP contribution >= 0.6 is 27.5 Å². The van der Waals surface area contributed by atoms with Gasteiger partial charge >= 0.3 is 0 Å². The lowest BCUT2D eigenvalue weighted by Gasteiger charge is -2.34. The molecular weight excluding hydrogens is 514 g/mol. The number of aromatic nitrogens is 1. The van der Waals surface area contributed by atoms with Gasteiger partial charge in [-0.15, -0.1) is 0 Å². The van der Waals surface area contributed by atoms with Crippen molar-refractivity contribution >= 4 is 55.7 Å². The quantitative estimate of drug-likeness (QED) is 0.314.